The van der Waals surface area contributed by atoms with Crippen molar-refractivity contribution in [1.29, 1.82) is 0 Å². The van der Waals surface area contributed by atoms with Gasteiger partial charge in [-0.15, -0.1) is 0 Å². The molecule has 1 unspecified atom stereocenters. The van der Waals surface area contributed by atoms with Gasteiger partial charge in [0.05, 0.1) is 0 Å². The molecule has 1 N–H and O–H groups in total. The van der Waals surface area contributed by atoms with Crippen molar-refractivity contribution in [2.24, 2.45) is 0 Å². The fourth-order valence-electron chi connectivity index (χ4n) is 4.19. The van der Waals surface area contributed by atoms with Crippen molar-refractivity contribution in [3.05, 3.63) is 64.7 Å². The molecule has 1 fully saturated rings. The number of nitrogens with zero attached hydrogens (tertiary/aromatic N) is 1. The minimum Gasteiger partial charge on any atom is -0.322 e. The van der Waals surface area contributed by atoms with E-state index in [1.807, 2.05) is 6.07 Å². The van der Waals surface area contributed by atoms with Crippen molar-refractivity contribution < 1.29 is 32.3 Å². The maximum Gasteiger partial charge on any atom is 0.446 e. The third-order valence-corrected chi connectivity index (χ3v) is 6.58. The maximum absolute atomic E-state index is 12.7. The molecule has 0 saturated carbocycles. The second-order valence-electron chi connectivity index (χ2n) is 8.30. The van der Waals surface area contributed by atoms with Crippen molar-refractivity contribution in [2.45, 2.75) is 55.1 Å². The number of ketones is 1. The van der Waals surface area contributed by atoms with Crippen LogP contribution in [0.5, 0.6) is 0 Å². The number of hydrogen-bond acceptors (Lipinski definition) is 5. The standard InChI is InChI=1S/C24H21F3N2O4S/c25-24(26,27)34-18-6-2-15(3-7-18)12-17(30)5-1-14-4-8-19-16(11-14)13-29(23(19)33)20-9-10-21(31)28-22(20)32/h2-4,6-8,11,20H,1,5,9-10,12-13H2,(H,28,31,32). The Kier molecular flexibility index (Phi) is 6.79. The van der Waals surface area contributed by atoms with Crippen LogP contribution in [-0.4, -0.2) is 40.0 Å². The first-order valence-corrected chi connectivity index (χ1v) is 11.5. The summed E-state index contributed by atoms with van der Waals surface area (Å²) >= 11 is -0.194. The molecule has 3 amide bonds. The summed E-state index contributed by atoms with van der Waals surface area (Å²) in [5.74, 6) is -1.10. The van der Waals surface area contributed by atoms with Gasteiger partial charge in [-0.1, -0.05) is 24.3 Å². The Morgan fingerprint density at radius 1 is 1.06 bits per heavy atom. The van der Waals surface area contributed by atoms with Crippen LogP contribution in [0, 0.1) is 0 Å². The molecule has 0 bridgehead atoms. The van der Waals surface area contributed by atoms with E-state index in [-0.39, 0.29) is 60.1 Å². The van der Waals surface area contributed by atoms with Crippen LogP contribution in [0.15, 0.2) is 47.4 Å². The number of thioether (sulfide) groups is 1. The summed E-state index contributed by atoms with van der Waals surface area (Å²) < 4.78 is 37.3. The maximum atomic E-state index is 12.7. The Bertz CT molecular complexity index is 1150. The molecule has 0 radical (unpaired) electrons. The molecule has 2 aromatic carbocycles. The number of imide groups is 1. The number of hydrogen-bond donors (Lipinski definition) is 1. The zero-order valence-corrected chi connectivity index (χ0v) is 18.8. The highest BCUT2D eigenvalue weighted by molar-refractivity contribution is 8.00. The molecule has 1 atom stereocenters. The number of nitrogens with one attached hydrogen (secondary N) is 1. The van der Waals surface area contributed by atoms with Crippen molar-refractivity contribution in [3.63, 3.8) is 0 Å². The predicted molar refractivity (Wildman–Crippen MR) is 118 cm³/mol. The van der Waals surface area contributed by atoms with E-state index in [2.05, 4.69) is 5.32 Å². The van der Waals surface area contributed by atoms with Gasteiger partial charge in [0, 0.05) is 36.3 Å². The molecular weight excluding hydrogens is 469 g/mol. The first-order chi connectivity index (χ1) is 16.1. The van der Waals surface area contributed by atoms with Gasteiger partial charge >= 0.3 is 5.51 Å². The third-order valence-electron chi connectivity index (χ3n) is 5.84. The molecular formula is C24H21F3N2O4S. The number of carbonyl (C=O) groups is 4. The third kappa shape index (κ3) is 5.67. The van der Waals surface area contributed by atoms with Crippen LogP contribution in [-0.2, 0) is 33.8 Å². The molecule has 2 aliphatic rings. The SMILES string of the molecule is O=C(CCc1ccc2c(c1)CN(C1CCC(=O)NC1=O)C2=O)Cc1ccc(SC(F)(F)F)cc1. The average Bonchev–Trinajstić information content (AvgIpc) is 3.08. The summed E-state index contributed by atoms with van der Waals surface area (Å²) in [7, 11) is 0. The van der Waals surface area contributed by atoms with E-state index < -0.39 is 17.5 Å². The second kappa shape index (κ2) is 9.61. The number of amides is 3. The monoisotopic (exact) mass is 490 g/mol. The van der Waals surface area contributed by atoms with Crippen LogP contribution >= 0.6 is 11.8 Å². The smallest absolute Gasteiger partial charge is 0.322 e. The van der Waals surface area contributed by atoms with Crippen molar-refractivity contribution >= 4 is 35.3 Å². The molecule has 4 rings (SSSR count). The summed E-state index contributed by atoms with van der Waals surface area (Å²) in [6.45, 7) is 0.268. The van der Waals surface area contributed by atoms with Gasteiger partial charge in [0.15, 0.2) is 0 Å². The lowest BCUT2D eigenvalue weighted by Crippen LogP contribution is -2.52. The molecule has 0 aromatic heterocycles. The number of Topliss-reactive ketones (excluding diaryl/α,β-unsaturated/α-hetero) is 1. The number of alkyl halides is 3. The Morgan fingerprint density at radius 3 is 2.44 bits per heavy atom. The Hall–Kier alpha value is -3.14. The highest BCUT2D eigenvalue weighted by atomic mass is 32.2. The fourth-order valence-corrected chi connectivity index (χ4v) is 4.73. The number of benzene rings is 2. The van der Waals surface area contributed by atoms with Gasteiger partial charge in [0.1, 0.15) is 11.8 Å². The first-order valence-electron chi connectivity index (χ1n) is 10.7. The summed E-state index contributed by atoms with van der Waals surface area (Å²) in [5.41, 5.74) is -1.54. The van der Waals surface area contributed by atoms with E-state index in [0.29, 0.717) is 24.0 Å². The van der Waals surface area contributed by atoms with E-state index >= 15 is 0 Å². The summed E-state index contributed by atoms with van der Waals surface area (Å²) in [6.07, 6.45) is 1.32. The zero-order valence-electron chi connectivity index (χ0n) is 18.0. The lowest BCUT2D eigenvalue weighted by Gasteiger charge is -2.29. The van der Waals surface area contributed by atoms with Gasteiger partial charge < -0.3 is 4.90 Å². The van der Waals surface area contributed by atoms with Crippen LogP contribution in [0.25, 0.3) is 0 Å². The number of fused-ring (bicyclic) bond motifs is 1. The minimum atomic E-state index is -4.35. The quantitative estimate of drug-likeness (QED) is 0.472. The molecule has 1 saturated heterocycles. The molecule has 0 spiro atoms. The van der Waals surface area contributed by atoms with Crippen LogP contribution in [0.1, 0.15) is 46.3 Å². The number of piperidine rings is 1. The number of halogens is 3. The molecule has 10 heteroatoms. The largest absolute Gasteiger partial charge is 0.446 e. The highest BCUT2D eigenvalue weighted by Crippen LogP contribution is 2.36. The number of aryl methyl sites for hydroxylation is 1. The first kappa shape index (κ1) is 24.0. The summed E-state index contributed by atoms with van der Waals surface area (Å²) in [4.78, 5) is 50.2. The van der Waals surface area contributed by atoms with E-state index in [1.54, 1.807) is 12.1 Å². The highest BCUT2D eigenvalue weighted by Gasteiger charge is 2.39. The van der Waals surface area contributed by atoms with Crippen LogP contribution in [0.2, 0.25) is 0 Å². The van der Waals surface area contributed by atoms with Crippen molar-refractivity contribution in [3.8, 4) is 0 Å². The predicted octanol–water partition coefficient (Wildman–Crippen LogP) is 3.80. The van der Waals surface area contributed by atoms with Crippen LogP contribution in [0.4, 0.5) is 13.2 Å². The second-order valence-corrected chi connectivity index (χ2v) is 9.44. The van der Waals surface area contributed by atoms with Crippen LogP contribution < -0.4 is 5.32 Å². The van der Waals surface area contributed by atoms with Gasteiger partial charge in [0.25, 0.3) is 5.91 Å². The molecule has 0 aliphatic carbocycles. The van der Waals surface area contributed by atoms with Gasteiger partial charge in [-0.3, -0.25) is 24.5 Å². The minimum absolute atomic E-state index is 0.0435. The Labute approximate surface area is 197 Å². The summed E-state index contributed by atoms with van der Waals surface area (Å²) in [6, 6.07) is 10.4. The van der Waals surface area contributed by atoms with Gasteiger partial charge in [0.2, 0.25) is 11.8 Å². The topological polar surface area (TPSA) is 83.6 Å². The molecule has 2 heterocycles. The normalized spacial score (nSPS) is 18.1. The van der Waals surface area contributed by atoms with Crippen molar-refractivity contribution in [2.75, 3.05) is 0 Å². The van der Waals surface area contributed by atoms with Gasteiger partial charge in [-0.05, 0) is 59.5 Å². The Balaban J connectivity index is 1.32. The van der Waals surface area contributed by atoms with Gasteiger partial charge in [-0.2, -0.15) is 13.2 Å². The average molecular weight is 491 g/mol. The van der Waals surface area contributed by atoms with E-state index in [9.17, 15) is 32.3 Å². The molecule has 34 heavy (non-hydrogen) atoms. The zero-order chi connectivity index (χ0) is 24.5. The Morgan fingerprint density at radius 2 is 1.76 bits per heavy atom. The summed E-state index contributed by atoms with van der Waals surface area (Å²) in [5, 5.41) is 2.27. The van der Waals surface area contributed by atoms with Crippen LogP contribution in [0.3, 0.4) is 0 Å². The lowest BCUT2D eigenvalue weighted by molar-refractivity contribution is -0.137. The molecule has 2 aliphatic heterocycles. The van der Waals surface area contributed by atoms with E-state index in [1.165, 1.54) is 29.2 Å². The molecule has 178 valence electrons. The fraction of sp³-hybridized carbons (Fsp3) is 0.333. The lowest BCUT2D eigenvalue weighted by atomic mass is 10.00. The molecule has 6 nitrogen and oxygen atoms in total. The van der Waals surface area contributed by atoms with E-state index in [4.69, 9.17) is 0 Å². The molecule has 2 aromatic rings. The van der Waals surface area contributed by atoms with Crippen molar-refractivity contribution in [1.82, 2.24) is 10.2 Å². The van der Waals surface area contributed by atoms with Gasteiger partial charge in [-0.25, -0.2) is 0 Å². The number of carbonyl (C=O) groups excluding carboxylic acids is 4. The number of rotatable bonds is 7. The van der Waals surface area contributed by atoms with E-state index in [0.717, 1.165) is 11.1 Å².